The summed E-state index contributed by atoms with van der Waals surface area (Å²) in [6.45, 7) is 0. The number of carbonyl (C=O) groups excluding carboxylic acids is 1. The molecule has 0 saturated heterocycles. The number of aliphatic hydroxyl groups is 1. The number of hydrogen-bond acceptors (Lipinski definition) is 4. The van der Waals surface area contributed by atoms with Crippen LogP contribution in [0.25, 0.3) is 0 Å². The maximum atomic E-state index is 11.2. The number of halogens is 2. The summed E-state index contributed by atoms with van der Waals surface area (Å²) in [5, 5.41) is 13.9. The van der Waals surface area contributed by atoms with Gasteiger partial charge in [0.05, 0.1) is 19.6 Å². The molecule has 0 aromatic heterocycles. The third-order valence-electron chi connectivity index (χ3n) is 2.65. The third kappa shape index (κ3) is 3.85. The van der Waals surface area contributed by atoms with Gasteiger partial charge in [0.2, 0.25) is 0 Å². The zero-order valence-electron chi connectivity index (χ0n) is 10.1. The summed E-state index contributed by atoms with van der Waals surface area (Å²) < 4.78 is 4.57. The van der Waals surface area contributed by atoms with Crippen LogP contribution < -0.4 is 5.32 Å². The smallest absolute Gasteiger partial charge is 0.307 e. The number of ether oxygens (including phenoxy) is 1. The number of benzene rings is 1. The van der Waals surface area contributed by atoms with Crippen molar-refractivity contribution in [2.24, 2.45) is 0 Å². The highest BCUT2D eigenvalue weighted by Crippen LogP contribution is 2.28. The number of aliphatic hydroxyl groups excluding tert-OH is 1. The first-order valence-electron chi connectivity index (χ1n) is 5.36. The lowest BCUT2D eigenvalue weighted by molar-refractivity contribution is -0.141. The Bertz CT molecular complexity index is 426. The molecule has 0 aliphatic heterocycles. The summed E-state index contributed by atoms with van der Waals surface area (Å²) in [5.74, 6) is -0.404. The fraction of sp³-hybridized carbons (Fsp3) is 0.417. The lowest BCUT2D eigenvalue weighted by Gasteiger charge is -2.22. The molecule has 2 atom stereocenters. The Kier molecular flexibility index (Phi) is 5.88. The fourth-order valence-electron chi connectivity index (χ4n) is 1.59. The predicted octanol–water partition coefficient (Wildman–Crippen LogP) is 2.18. The van der Waals surface area contributed by atoms with Gasteiger partial charge in [-0.2, -0.15) is 0 Å². The molecule has 6 heteroatoms. The summed E-state index contributed by atoms with van der Waals surface area (Å²) in [6, 6.07) is 4.34. The van der Waals surface area contributed by atoms with Crippen molar-refractivity contribution in [2.45, 2.75) is 18.6 Å². The van der Waals surface area contributed by atoms with Crippen molar-refractivity contribution in [1.82, 2.24) is 5.32 Å². The van der Waals surface area contributed by atoms with E-state index in [0.717, 1.165) is 0 Å². The van der Waals surface area contributed by atoms with Gasteiger partial charge < -0.3 is 15.2 Å². The van der Waals surface area contributed by atoms with Gasteiger partial charge in [-0.1, -0.05) is 29.3 Å². The van der Waals surface area contributed by atoms with E-state index in [0.29, 0.717) is 15.6 Å². The van der Waals surface area contributed by atoms with Crippen molar-refractivity contribution in [2.75, 3.05) is 14.2 Å². The van der Waals surface area contributed by atoms with Crippen molar-refractivity contribution in [3.05, 3.63) is 33.8 Å². The second kappa shape index (κ2) is 6.95. The highest BCUT2D eigenvalue weighted by atomic mass is 35.5. The SMILES string of the molecule is CNC(CC(=O)OC)C(O)c1ccc(Cl)cc1Cl. The summed E-state index contributed by atoms with van der Waals surface area (Å²) in [5.41, 5.74) is 0.518. The van der Waals surface area contributed by atoms with Crippen LogP contribution in [0.1, 0.15) is 18.1 Å². The van der Waals surface area contributed by atoms with Crippen LogP contribution in [0, 0.1) is 0 Å². The first-order valence-corrected chi connectivity index (χ1v) is 6.12. The number of esters is 1. The van der Waals surface area contributed by atoms with Crippen molar-refractivity contribution < 1.29 is 14.6 Å². The minimum absolute atomic E-state index is 0.0487. The normalized spacial score (nSPS) is 14.1. The number of methoxy groups -OCH3 is 1. The maximum absolute atomic E-state index is 11.2. The lowest BCUT2D eigenvalue weighted by Crippen LogP contribution is -2.34. The van der Waals surface area contributed by atoms with Gasteiger partial charge in [-0.05, 0) is 19.2 Å². The summed E-state index contributed by atoms with van der Waals surface area (Å²) in [7, 11) is 2.96. The van der Waals surface area contributed by atoms with Crippen LogP contribution in [-0.2, 0) is 9.53 Å². The van der Waals surface area contributed by atoms with Gasteiger partial charge in [0.1, 0.15) is 0 Å². The number of hydrogen-bond donors (Lipinski definition) is 2. The van der Waals surface area contributed by atoms with Crippen LogP contribution in [0.5, 0.6) is 0 Å². The topological polar surface area (TPSA) is 58.6 Å². The first-order chi connectivity index (χ1) is 8.49. The molecule has 0 aliphatic rings. The Morgan fingerprint density at radius 1 is 1.50 bits per heavy atom. The molecule has 0 saturated carbocycles. The first kappa shape index (κ1) is 15.2. The average Bonchev–Trinajstić information content (AvgIpc) is 2.34. The second-order valence-electron chi connectivity index (χ2n) is 3.79. The molecule has 2 N–H and O–H groups in total. The number of likely N-dealkylation sites (N-methyl/N-ethyl adjacent to an activating group) is 1. The largest absolute Gasteiger partial charge is 0.469 e. The number of carbonyl (C=O) groups is 1. The Morgan fingerprint density at radius 3 is 2.67 bits per heavy atom. The second-order valence-corrected chi connectivity index (χ2v) is 4.63. The monoisotopic (exact) mass is 291 g/mol. The van der Waals surface area contributed by atoms with Crippen molar-refractivity contribution >= 4 is 29.2 Å². The van der Waals surface area contributed by atoms with E-state index in [1.54, 1.807) is 25.2 Å². The van der Waals surface area contributed by atoms with Crippen molar-refractivity contribution in [3.8, 4) is 0 Å². The number of rotatable bonds is 5. The van der Waals surface area contributed by atoms with Crippen LogP contribution in [0.2, 0.25) is 10.0 Å². The van der Waals surface area contributed by atoms with Crippen molar-refractivity contribution in [1.29, 1.82) is 0 Å². The van der Waals surface area contributed by atoms with E-state index in [1.165, 1.54) is 7.11 Å². The Balaban J connectivity index is 2.89. The highest BCUT2D eigenvalue weighted by Gasteiger charge is 2.24. The summed E-state index contributed by atoms with van der Waals surface area (Å²) >= 11 is 11.8. The van der Waals surface area contributed by atoms with Gasteiger partial charge in [-0.15, -0.1) is 0 Å². The average molecular weight is 292 g/mol. The molecule has 0 heterocycles. The third-order valence-corrected chi connectivity index (χ3v) is 3.21. The lowest BCUT2D eigenvalue weighted by atomic mass is 10.00. The van der Waals surface area contributed by atoms with E-state index in [4.69, 9.17) is 23.2 Å². The van der Waals surface area contributed by atoms with Gasteiger partial charge in [-0.3, -0.25) is 4.79 Å². The molecule has 1 aromatic carbocycles. The molecule has 4 nitrogen and oxygen atoms in total. The molecule has 0 bridgehead atoms. The van der Waals surface area contributed by atoms with Crippen LogP contribution in [-0.4, -0.2) is 31.3 Å². The Morgan fingerprint density at radius 2 is 2.17 bits per heavy atom. The molecule has 0 fully saturated rings. The van der Waals surface area contributed by atoms with E-state index >= 15 is 0 Å². The highest BCUT2D eigenvalue weighted by molar-refractivity contribution is 6.35. The number of nitrogens with one attached hydrogen (secondary N) is 1. The molecule has 0 spiro atoms. The van der Waals surface area contributed by atoms with Gasteiger partial charge >= 0.3 is 5.97 Å². The molecule has 0 aliphatic carbocycles. The molecule has 0 radical (unpaired) electrons. The molecule has 1 aromatic rings. The molecule has 0 amide bonds. The van der Waals surface area contributed by atoms with Gasteiger partial charge in [0, 0.05) is 21.7 Å². The van der Waals surface area contributed by atoms with Gasteiger partial charge in [-0.25, -0.2) is 0 Å². The summed E-state index contributed by atoms with van der Waals surface area (Å²) in [6.07, 6.45) is -0.869. The van der Waals surface area contributed by atoms with Crippen LogP contribution >= 0.6 is 23.2 Å². The van der Waals surface area contributed by atoms with E-state index in [1.807, 2.05) is 0 Å². The van der Waals surface area contributed by atoms with Crippen LogP contribution in [0.15, 0.2) is 18.2 Å². The maximum Gasteiger partial charge on any atom is 0.307 e. The van der Waals surface area contributed by atoms with Gasteiger partial charge in [0.25, 0.3) is 0 Å². The van der Waals surface area contributed by atoms with Crippen LogP contribution in [0.3, 0.4) is 0 Å². The van der Waals surface area contributed by atoms with Gasteiger partial charge in [0.15, 0.2) is 0 Å². The van der Waals surface area contributed by atoms with E-state index in [-0.39, 0.29) is 6.42 Å². The van der Waals surface area contributed by atoms with Crippen molar-refractivity contribution in [3.63, 3.8) is 0 Å². The fourth-order valence-corrected chi connectivity index (χ4v) is 2.11. The van der Waals surface area contributed by atoms with E-state index in [2.05, 4.69) is 10.1 Å². The minimum Gasteiger partial charge on any atom is -0.469 e. The standard InChI is InChI=1S/C12H15Cl2NO3/c1-15-10(6-11(16)18-2)12(17)8-4-3-7(13)5-9(8)14/h3-5,10,12,15,17H,6H2,1-2H3. The zero-order valence-corrected chi connectivity index (χ0v) is 11.6. The molecule has 18 heavy (non-hydrogen) atoms. The molecule has 1 rings (SSSR count). The molecular weight excluding hydrogens is 277 g/mol. The van der Waals surface area contributed by atoms with E-state index in [9.17, 15) is 9.90 Å². The zero-order chi connectivity index (χ0) is 13.7. The quantitative estimate of drug-likeness (QED) is 0.817. The molecular formula is C12H15Cl2NO3. The summed E-state index contributed by atoms with van der Waals surface area (Å²) in [4.78, 5) is 11.2. The van der Waals surface area contributed by atoms with Crippen LogP contribution in [0.4, 0.5) is 0 Å². The Labute approximate surface area is 116 Å². The predicted molar refractivity (Wildman–Crippen MR) is 70.9 cm³/mol. The Hall–Kier alpha value is -0.810. The molecule has 100 valence electrons. The van der Waals surface area contributed by atoms with E-state index < -0.39 is 18.1 Å². The minimum atomic E-state index is -0.918. The molecule has 2 unspecified atom stereocenters.